The van der Waals surface area contributed by atoms with Crippen LogP contribution in [0.25, 0.3) is 22.9 Å². The van der Waals surface area contributed by atoms with Gasteiger partial charge in [0.1, 0.15) is 15.5 Å². The molecule has 5 aromatic carbocycles. The van der Waals surface area contributed by atoms with Crippen LogP contribution in [0, 0.1) is 5.21 Å². The minimum Gasteiger partial charge on any atom is -0.594 e. The van der Waals surface area contributed by atoms with Gasteiger partial charge in [-0.05, 0) is 65.7 Å². The normalized spacial score (nSPS) is 13.1. The summed E-state index contributed by atoms with van der Waals surface area (Å²) in [6.07, 6.45) is 2.36. The molecule has 0 aliphatic carbocycles. The van der Waals surface area contributed by atoms with Crippen molar-refractivity contribution in [2.24, 2.45) is 15.3 Å². The van der Waals surface area contributed by atoms with Crippen molar-refractivity contribution in [3.63, 3.8) is 0 Å². The van der Waals surface area contributed by atoms with Gasteiger partial charge in [-0.3, -0.25) is 13.7 Å². The van der Waals surface area contributed by atoms with Crippen molar-refractivity contribution in [3.05, 3.63) is 113 Å². The fourth-order valence-electron chi connectivity index (χ4n) is 4.49. The predicted molar refractivity (Wildman–Crippen MR) is 176 cm³/mol. The van der Waals surface area contributed by atoms with Crippen LogP contribution in [0.1, 0.15) is 11.1 Å². The molecule has 0 heterocycles. The molecule has 0 fully saturated rings. The summed E-state index contributed by atoms with van der Waals surface area (Å²) in [4.78, 5) is -1.36. The van der Waals surface area contributed by atoms with Crippen molar-refractivity contribution in [3.8, 4) is 0 Å². The van der Waals surface area contributed by atoms with Crippen molar-refractivity contribution < 1.29 is 43.8 Å². The highest BCUT2D eigenvalue weighted by Crippen LogP contribution is 2.35. The van der Waals surface area contributed by atoms with Gasteiger partial charge >= 0.3 is 0 Å². The van der Waals surface area contributed by atoms with Gasteiger partial charge in [0.25, 0.3) is 30.4 Å². The Bertz CT molecular complexity index is 2500. The van der Waals surface area contributed by atoms with Gasteiger partial charge in [-0.2, -0.15) is 30.4 Å². The largest absolute Gasteiger partial charge is 0.594 e. The maximum Gasteiger partial charge on any atom is 0.295 e. The molecule has 0 unspecified atom stereocenters. The second kappa shape index (κ2) is 13.0. The molecule has 246 valence electrons. The van der Waals surface area contributed by atoms with E-state index in [2.05, 4.69) is 15.3 Å². The molecule has 0 spiro atoms. The van der Waals surface area contributed by atoms with Crippen LogP contribution in [-0.4, -0.2) is 43.8 Å². The number of benzene rings is 5. The molecule has 0 amide bonds. The number of fused-ring (bicyclic) bond motifs is 1. The summed E-state index contributed by atoms with van der Waals surface area (Å²) >= 11 is 0. The van der Waals surface area contributed by atoms with E-state index in [0.717, 1.165) is 12.1 Å². The highest BCUT2D eigenvalue weighted by Gasteiger charge is 2.20. The van der Waals surface area contributed by atoms with Gasteiger partial charge in [0.05, 0.1) is 16.3 Å². The topological polar surface area (TPSA) is 252 Å². The van der Waals surface area contributed by atoms with Crippen LogP contribution in [0.2, 0.25) is 0 Å². The average Bonchev–Trinajstić information content (AvgIpc) is 3.02. The second-order valence-corrected chi connectivity index (χ2v) is 14.2. The number of nitrogen functional groups attached to an aromatic ring is 1. The Morgan fingerprint density at radius 3 is 1.75 bits per heavy atom. The summed E-state index contributed by atoms with van der Waals surface area (Å²) in [6.45, 7) is 0. The molecule has 5 N–H and O–H groups in total. The summed E-state index contributed by atoms with van der Waals surface area (Å²) < 4.78 is 99.2. The third-order valence-corrected chi connectivity index (χ3v) is 9.42. The predicted octanol–water partition coefficient (Wildman–Crippen LogP) is 6.67. The van der Waals surface area contributed by atoms with Crippen molar-refractivity contribution >= 4 is 81.7 Å². The van der Waals surface area contributed by atoms with Crippen molar-refractivity contribution in [1.29, 1.82) is 0 Å². The van der Waals surface area contributed by atoms with Gasteiger partial charge in [0, 0.05) is 33.7 Å². The minimum absolute atomic E-state index is 0.0255. The molecule has 0 aliphatic rings. The Labute approximate surface area is 273 Å². The van der Waals surface area contributed by atoms with Gasteiger partial charge in [-0.15, -0.1) is 5.11 Å². The van der Waals surface area contributed by atoms with Gasteiger partial charge in [-0.25, -0.2) is 0 Å². The lowest BCUT2D eigenvalue weighted by Crippen LogP contribution is -2.03. The molecule has 18 heteroatoms. The molecule has 0 bridgehead atoms. The smallest absolute Gasteiger partial charge is 0.295 e. The van der Waals surface area contributed by atoms with Gasteiger partial charge < -0.3 is 10.9 Å². The molecule has 0 atom stereocenters. The molecule has 0 aromatic heterocycles. The number of anilines is 1. The lowest BCUT2D eigenvalue weighted by Gasteiger charge is -2.08. The molecule has 0 saturated heterocycles. The minimum atomic E-state index is -4.90. The van der Waals surface area contributed by atoms with E-state index in [1.807, 2.05) is 0 Å². The van der Waals surface area contributed by atoms with Crippen LogP contribution in [-0.2, 0) is 30.4 Å². The van der Waals surface area contributed by atoms with Crippen LogP contribution < -0.4 is 5.73 Å². The van der Waals surface area contributed by atoms with Crippen LogP contribution >= 0.6 is 0 Å². The fourth-order valence-corrected chi connectivity index (χ4v) is 6.39. The first-order valence-corrected chi connectivity index (χ1v) is 17.7. The first-order chi connectivity index (χ1) is 22.5. The van der Waals surface area contributed by atoms with Crippen LogP contribution in [0.15, 0.2) is 127 Å². The van der Waals surface area contributed by atoms with E-state index in [4.69, 9.17) is 10.3 Å². The maximum absolute atomic E-state index is 13.2. The maximum atomic E-state index is 13.2. The Kier molecular flexibility index (Phi) is 9.22. The Balaban J connectivity index is 1.49. The average molecular weight is 710 g/mol. The zero-order valence-corrected chi connectivity index (χ0v) is 26.6. The lowest BCUT2D eigenvalue weighted by atomic mass is 10.1. The van der Waals surface area contributed by atoms with Gasteiger partial charge in [-0.1, -0.05) is 47.3 Å². The molecule has 0 saturated carbocycles. The van der Waals surface area contributed by atoms with E-state index < -0.39 is 40.1 Å². The van der Waals surface area contributed by atoms with E-state index >= 15 is 0 Å². The molecule has 48 heavy (non-hydrogen) atoms. The number of rotatable bonds is 9. The summed E-state index contributed by atoms with van der Waals surface area (Å²) in [5.41, 5.74) is 6.12. The molecule has 15 nitrogen and oxygen atoms in total. The monoisotopic (exact) mass is 709 g/mol. The third-order valence-electron chi connectivity index (χ3n) is 6.74. The Morgan fingerprint density at radius 2 is 1.17 bits per heavy atom. The van der Waals surface area contributed by atoms with Gasteiger partial charge in [0.15, 0.2) is 0 Å². The summed E-state index contributed by atoms with van der Waals surface area (Å²) in [7, 11) is -14.0. The zero-order chi connectivity index (χ0) is 34.9. The molecule has 0 radical (unpaired) electrons. The Morgan fingerprint density at radius 1 is 0.625 bits per heavy atom. The van der Waals surface area contributed by atoms with E-state index in [1.165, 1.54) is 72.8 Å². The molecular weight excluding hydrogens is 687 g/mol. The third kappa shape index (κ3) is 7.77. The lowest BCUT2D eigenvalue weighted by molar-refractivity contribution is -0.435. The van der Waals surface area contributed by atoms with Crippen molar-refractivity contribution in [1.82, 2.24) is 0 Å². The van der Waals surface area contributed by atoms with Crippen molar-refractivity contribution in [2.45, 2.75) is 14.7 Å². The number of nitrogens with two attached hydrogens (primary N) is 1. The molecule has 0 aliphatic heterocycles. The quantitative estimate of drug-likeness (QED) is 0.0314. The summed E-state index contributed by atoms with van der Waals surface area (Å²) in [6, 6.07) is 21.8. The van der Waals surface area contributed by atoms with Crippen LogP contribution in [0.5, 0.6) is 0 Å². The Hall–Kier alpha value is -5.37. The van der Waals surface area contributed by atoms with E-state index in [0.29, 0.717) is 22.1 Å². The number of nitrogens with zero attached hydrogens (tertiary/aromatic N) is 4. The van der Waals surface area contributed by atoms with Crippen LogP contribution in [0.4, 0.5) is 28.4 Å². The molecular formula is C30H23N5O10S3. The van der Waals surface area contributed by atoms with E-state index in [1.54, 1.807) is 24.3 Å². The summed E-state index contributed by atoms with van der Waals surface area (Å²) in [5.74, 6) is 0. The van der Waals surface area contributed by atoms with Crippen molar-refractivity contribution in [2.75, 3.05) is 5.73 Å². The first kappa shape index (κ1) is 34.0. The molecule has 5 rings (SSSR count). The van der Waals surface area contributed by atoms with E-state index in [-0.39, 0.29) is 37.9 Å². The first-order valence-electron chi connectivity index (χ1n) is 13.4. The SMILES string of the molecule is Nc1ccc(/C=C/c2ccc([N+]([O-])=Nc3ccc(N=Nc4ccc(S(=O)(=O)O)cc4)c4ccccc34)cc2S(=O)(=O)O)c(S(=O)(=O)O)c1. The molecule has 5 aromatic rings. The number of hydrogen-bond acceptors (Lipinski definition) is 11. The van der Waals surface area contributed by atoms with Crippen LogP contribution in [0.3, 0.4) is 0 Å². The van der Waals surface area contributed by atoms with E-state index in [9.17, 15) is 39.6 Å². The fraction of sp³-hybridized carbons (Fsp3) is 0. The number of hydrogen-bond donors (Lipinski definition) is 4. The highest BCUT2D eigenvalue weighted by molar-refractivity contribution is 7.86. The van der Waals surface area contributed by atoms with Gasteiger partial charge in [0.2, 0.25) is 5.69 Å². The standard InChI is InChI=1S/C30H23N5O10S3/c31-21-9-7-19(29(17-21)47(40,41)42)5-6-20-8-12-23(18-30(20)48(43,44)45)35(36)34-28-16-15-27(25-3-1-2-4-26(25)28)33-32-22-10-13-24(14-11-22)46(37,38)39/h1-18H,31H2,(H,37,38,39)(H,40,41,42)(H,43,44,45)/b6-5+,33-32?,35-34?. The zero-order valence-electron chi connectivity index (χ0n) is 24.2. The highest BCUT2D eigenvalue weighted by atomic mass is 32.2. The number of azo groups is 2. The second-order valence-electron chi connectivity index (χ2n) is 9.99. The summed E-state index contributed by atoms with van der Waals surface area (Å²) in [5, 5.41) is 26.5.